The van der Waals surface area contributed by atoms with E-state index in [-0.39, 0.29) is 5.82 Å². The van der Waals surface area contributed by atoms with Gasteiger partial charge in [0.25, 0.3) is 0 Å². The molecule has 3 aromatic rings. The van der Waals surface area contributed by atoms with Crippen molar-refractivity contribution in [3.63, 3.8) is 0 Å². The molecule has 0 saturated carbocycles. The van der Waals surface area contributed by atoms with Crippen LogP contribution in [0.1, 0.15) is 18.9 Å². The molecule has 2 aliphatic rings. The van der Waals surface area contributed by atoms with E-state index in [4.69, 9.17) is 14.7 Å². The molecular weight excluding hydrogens is 497 g/mol. The van der Waals surface area contributed by atoms with Crippen LogP contribution in [0.25, 0.3) is 11.3 Å². The molecule has 0 bridgehead atoms. The molecule has 5 rings (SSSR count). The number of anilines is 4. The van der Waals surface area contributed by atoms with E-state index >= 15 is 0 Å². The Morgan fingerprint density at radius 3 is 2.37 bits per heavy atom. The topological polar surface area (TPSA) is 82.5 Å². The number of rotatable bonds is 7. The van der Waals surface area contributed by atoms with Gasteiger partial charge in [-0.05, 0) is 30.7 Å². The number of morpholine rings is 1. The second-order valence-corrected chi connectivity index (χ2v) is 9.22. The van der Waals surface area contributed by atoms with E-state index in [1.165, 1.54) is 12.3 Å². The van der Waals surface area contributed by atoms with E-state index in [2.05, 4.69) is 32.0 Å². The van der Waals surface area contributed by atoms with Crippen molar-refractivity contribution in [3.05, 3.63) is 48.3 Å². The number of aromatic nitrogens is 4. The van der Waals surface area contributed by atoms with Gasteiger partial charge in [-0.15, -0.1) is 0 Å². The zero-order chi connectivity index (χ0) is 26.5. The van der Waals surface area contributed by atoms with Crippen molar-refractivity contribution in [2.24, 2.45) is 0 Å². The Balaban J connectivity index is 1.39. The van der Waals surface area contributed by atoms with Crippen LogP contribution < -0.4 is 20.0 Å². The van der Waals surface area contributed by atoms with E-state index in [1.807, 2.05) is 18.2 Å². The zero-order valence-electron chi connectivity index (χ0n) is 21.3. The van der Waals surface area contributed by atoms with Gasteiger partial charge in [-0.1, -0.05) is 6.92 Å². The third kappa shape index (κ3) is 5.90. The van der Waals surface area contributed by atoms with Gasteiger partial charge in [0.2, 0.25) is 5.95 Å². The van der Waals surface area contributed by atoms with E-state index in [9.17, 15) is 13.2 Å². The lowest BCUT2D eigenvalue weighted by Gasteiger charge is -2.37. The molecule has 202 valence electrons. The molecule has 0 unspecified atom stereocenters. The number of ether oxygens (including phenoxy) is 1. The predicted molar refractivity (Wildman–Crippen MR) is 141 cm³/mol. The van der Waals surface area contributed by atoms with E-state index < -0.39 is 11.7 Å². The van der Waals surface area contributed by atoms with Gasteiger partial charge >= 0.3 is 6.18 Å². The normalized spacial score (nSPS) is 16.6. The molecule has 2 saturated heterocycles. The van der Waals surface area contributed by atoms with E-state index in [0.29, 0.717) is 58.4 Å². The number of piperazine rings is 1. The third-order valence-corrected chi connectivity index (χ3v) is 6.61. The smallest absolute Gasteiger partial charge is 0.378 e. The quantitative estimate of drug-likeness (QED) is 0.490. The highest BCUT2D eigenvalue weighted by Crippen LogP contribution is 2.36. The van der Waals surface area contributed by atoms with Crippen molar-refractivity contribution in [2.75, 3.05) is 79.0 Å². The fourth-order valence-corrected chi connectivity index (χ4v) is 4.56. The number of hydrogen-bond acceptors (Lipinski definition) is 9. The summed E-state index contributed by atoms with van der Waals surface area (Å²) < 4.78 is 46.1. The van der Waals surface area contributed by atoms with Crippen LogP contribution in [-0.2, 0) is 10.9 Å². The fraction of sp³-hybridized carbons (Fsp3) is 0.462. The summed E-state index contributed by atoms with van der Waals surface area (Å²) in [6.45, 7) is 7.33. The second-order valence-electron chi connectivity index (χ2n) is 9.22. The minimum absolute atomic E-state index is 0.0279. The summed E-state index contributed by atoms with van der Waals surface area (Å²) in [7, 11) is 0. The van der Waals surface area contributed by atoms with Crippen LogP contribution in [0.5, 0.6) is 0 Å². The first-order valence-electron chi connectivity index (χ1n) is 12.9. The number of alkyl halides is 3. The van der Waals surface area contributed by atoms with Crippen LogP contribution in [0.15, 0.2) is 42.7 Å². The van der Waals surface area contributed by atoms with Gasteiger partial charge in [-0.3, -0.25) is 0 Å². The van der Waals surface area contributed by atoms with Gasteiger partial charge < -0.3 is 24.8 Å². The highest BCUT2D eigenvalue weighted by atomic mass is 19.4. The molecule has 12 heteroatoms. The lowest BCUT2D eigenvalue weighted by Crippen LogP contribution is -2.48. The maximum absolute atomic E-state index is 13.5. The Bertz CT molecular complexity index is 1210. The fourth-order valence-electron chi connectivity index (χ4n) is 4.56. The van der Waals surface area contributed by atoms with Crippen LogP contribution in [0.2, 0.25) is 0 Å². The summed E-state index contributed by atoms with van der Waals surface area (Å²) in [6.07, 6.45) is -0.248. The number of nitrogens with zero attached hydrogens (tertiary/aromatic N) is 7. The summed E-state index contributed by atoms with van der Waals surface area (Å²) in [5, 5.41) is 3.28. The van der Waals surface area contributed by atoms with Crippen molar-refractivity contribution in [2.45, 2.75) is 19.5 Å². The van der Waals surface area contributed by atoms with Gasteiger partial charge in [0, 0.05) is 69.8 Å². The van der Waals surface area contributed by atoms with Crippen molar-refractivity contribution in [1.82, 2.24) is 19.9 Å². The number of hydrogen-bond donors (Lipinski definition) is 1. The SMILES string of the molecule is CCCNc1ccc(-c2cc(N3CCN(c4ncccc4C(F)(F)F)CC3)nc(N3CCOCC3)n2)cn1. The molecule has 0 aromatic carbocycles. The van der Waals surface area contributed by atoms with Crippen LogP contribution in [0.3, 0.4) is 0 Å². The molecule has 0 amide bonds. The number of nitrogens with one attached hydrogen (secondary N) is 1. The molecule has 9 nitrogen and oxygen atoms in total. The minimum atomic E-state index is -4.45. The standard InChI is InChI=1S/C26H31F3N8O/c1-2-7-30-22-6-5-19(18-32-22)21-17-23(34-25(33-21)37-13-15-38-16-14-37)35-9-11-36(12-10-35)24-20(26(27,28)29)4-3-8-31-24/h3-6,8,17-18H,2,7,9-16H2,1H3,(H,30,32). The minimum Gasteiger partial charge on any atom is -0.378 e. The third-order valence-electron chi connectivity index (χ3n) is 6.61. The Hall–Kier alpha value is -3.67. The van der Waals surface area contributed by atoms with Gasteiger partial charge in [0.1, 0.15) is 17.5 Å². The first kappa shape index (κ1) is 26.0. The average Bonchev–Trinajstić information content (AvgIpc) is 2.96. The molecule has 3 aromatic heterocycles. The van der Waals surface area contributed by atoms with Crippen LogP contribution in [0, 0.1) is 0 Å². The molecule has 1 N–H and O–H groups in total. The van der Waals surface area contributed by atoms with Crippen molar-refractivity contribution < 1.29 is 17.9 Å². The maximum atomic E-state index is 13.5. The summed E-state index contributed by atoms with van der Waals surface area (Å²) in [4.78, 5) is 24.2. The van der Waals surface area contributed by atoms with Gasteiger partial charge in [-0.25, -0.2) is 15.0 Å². The molecule has 5 heterocycles. The molecule has 0 spiro atoms. The molecule has 2 fully saturated rings. The molecule has 0 radical (unpaired) electrons. The molecule has 0 atom stereocenters. The van der Waals surface area contributed by atoms with Crippen LogP contribution in [-0.4, -0.2) is 79.0 Å². The summed E-state index contributed by atoms with van der Waals surface area (Å²) >= 11 is 0. The number of pyridine rings is 2. The van der Waals surface area contributed by atoms with Gasteiger partial charge in [0.15, 0.2) is 0 Å². The average molecular weight is 529 g/mol. The summed E-state index contributed by atoms with van der Waals surface area (Å²) in [5.74, 6) is 2.13. The first-order valence-corrected chi connectivity index (χ1v) is 12.9. The first-order chi connectivity index (χ1) is 18.4. The van der Waals surface area contributed by atoms with E-state index in [0.717, 1.165) is 41.9 Å². The van der Waals surface area contributed by atoms with Crippen LogP contribution in [0.4, 0.5) is 36.6 Å². The van der Waals surface area contributed by atoms with Gasteiger partial charge in [-0.2, -0.15) is 18.2 Å². The lowest BCUT2D eigenvalue weighted by molar-refractivity contribution is -0.137. The largest absolute Gasteiger partial charge is 0.419 e. The van der Waals surface area contributed by atoms with E-state index in [1.54, 1.807) is 11.1 Å². The van der Waals surface area contributed by atoms with Crippen molar-refractivity contribution in [3.8, 4) is 11.3 Å². The van der Waals surface area contributed by atoms with Crippen LogP contribution >= 0.6 is 0 Å². The molecule has 0 aliphatic carbocycles. The lowest BCUT2D eigenvalue weighted by atomic mass is 10.2. The number of halogens is 3. The Labute approximate surface area is 219 Å². The molecule has 2 aliphatic heterocycles. The summed E-state index contributed by atoms with van der Waals surface area (Å²) in [5.41, 5.74) is 0.904. The maximum Gasteiger partial charge on any atom is 0.419 e. The highest BCUT2D eigenvalue weighted by molar-refractivity contribution is 5.66. The molecular formula is C26H31F3N8O. The van der Waals surface area contributed by atoms with Gasteiger partial charge in [0.05, 0.1) is 24.5 Å². The predicted octanol–water partition coefficient (Wildman–Crippen LogP) is 3.94. The Kier molecular flexibility index (Phi) is 7.77. The zero-order valence-corrected chi connectivity index (χ0v) is 21.3. The summed E-state index contributed by atoms with van der Waals surface area (Å²) in [6, 6.07) is 8.25. The Morgan fingerprint density at radius 1 is 0.921 bits per heavy atom. The monoisotopic (exact) mass is 528 g/mol. The Morgan fingerprint density at radius 2 is 1.68 bits per heavy atom. The van der Waals surface area contributed by atoms with Crippen molar-refractivity contribution >= 4 is 23.4 Å². The highest BCUT2D eigenvalue weighted by Gasteiger charge is 2.36. The van der Waals surface area contributed by atoms with Crippen molar-refractivity contribution in [1.29, 1.82) is 0 Å². The molecule has 38 heavy (non-hydrogen) atoms. The second kappa shape index (κ2) is 11.4.